The number of rotatable bonds is 8. The van der Waals surface area contributed by atoms with Gasteiger partial charge in [-0.25, -0.2) is 0 Å². The van der Waals surface area contributed by atoms with Crippen molar-refractivity contribution in [3.8, 4) is 11.5 Å². The monoisotopic (exact) mass is 436 g/mol. The smallest absolute Gasteiger partial charge is 0.176 e. The first kappa shape index (κ1) is 22.5. The summed E-state index contributed by atoms with van der Waals surface area (Å²) in [5.74, 6) is 1.36. The minimum atomic E-state index is -0.0575. The summed E-state index contributed by atoms with van der Waals surface area (Å²) in [5.41, 5.74) is 11.5. The topological polar surface area (TPSA) is 73.9 Å². The zero-order valence-corrected chi connectivity index (χ0v) is 18.2. The first-order valence-electron chi connectivity index (χ1n) is 9.91. The SMILES string of the molecule is COc1cc2c(cc1OCc1ccccc1)CN=C2Cc1ccc(C(=O)CN)cc1.Cl. The Bertz CT molecular complexity index is 1080. The summed E-state index contributed by atoms with van der Waals surface area (Å²) in [7, 11) is 1.65. The van der Waals surface area contributed by atoms with Crippen LogP contribution in [0.15, 0.2) is 71.7 Å². The highest BCUT2D eigenvalue weighted by Gasteiger charge is 2.20. The number of nitrogens with zero attached hydrogens (tertiary/aromatic N) is 1. The first-order valence-corrected chi connectivity index (χ1v) is 9.91. The number of Topliss-reactive ketones (excluding diaryl/α,β-unsaturated/α-hetero) is 1. The quantitative estimate of drug-likeness (QED) is 0.532. The summed E-state index contributed by atoms with van der Waals surface area (Å²) in [4.78, 5) is 16.4. The van der Waals surface area contributed by atoms with E-state index in [9.17, 15) is 4.79 Å². The molecule has 0 saturated heterocycles. The third-order valence-electron chi connectivity index (χ3n) is 5.21. The Morgan fingerprint density at radius 2 is 1.74 bits per heavy atom. The van der Waals surface area contributed by atoms with Gasteiger partial charge in [-0.05, 0) is 28.8 Å². The van der Waals surface area contributed by atoms with Crippen LogP contribution < -0.4 is 15.2 Å². The molecule has 0 aliphatic carbocycles. The van der Waals surface area contributed by atoms with Crippen molar-refractivity contribution in [1.82, 2.24) is 0 Å². The van der Waals surface area contributed by atoms with Crippen molar-refractivity contribution in [2.75, 3.05) is 13.7 Å². The molecule has 1 aliphatic rings. The van der Waals surface area contributed by atoms with Crippen LogP contribution in [0, 0.1) is 0 Å². The van der Waals surface area contributed by atoms with Gasteiger partial charge in [-0.3, -0.25) is 9.79 Å². The lowest BCUT2D eigenvalue weighted by Crippen LogP contribution is -2.13. The Balaban J connectivity index is 0.00000272. The fourth-order valence-corrected chi connectivity index (χ4v) is 3.55. The number of ketones is 1. The maximum atomic E-state index is 11.7. The number of fused-ring (bicyclic) bond motifs is 1. The highest BCUT2D eigenvalue weighted by atomic mass is 35.5. The van der Waals surface area contributed by atoms with E-state index in [1.165, 1.54) is 0 Å². The van der Waals surface area contributed by atoms with Crippen LogP contribution in [0.2, 0.25) is 0 Å². The summed E-state index contributed by atoms with van der Waals surface area (Å²) in [5, 5.41) is 0. The predicted octanol–water partition coefficient (Wildman–Crippen LogP) is 4.38. The molecule has 2 N–H and O–H groups in total. The lowest BCUT2D eigenvalue weighted by atomic mass is 9.98. The highest BCUT2D eigenvalue weighted by molar-refractivity contribution is 6.05. The molecule has 0 bridgehead atoms. The summed E-state index contributed by atoms with van der Waals surface area (Å²) >= 11 is 0. The lowest BCUT2D eigenvalue weighted by molar-refractivity contribution is 0.100. The van der Waals surface area contributed by atoms with Gasteiger partial charge in [0.15, 0.2) is 17.3 Å². The molecule has 1 heterocycles. The van der Waals surface area contributed by atoms with Crippen molar-refractivity contribution in [3.63, 3.8) is 0 Å². The molecular formula is C25H25ClN2O3. The molecule has 31 heavy (non-hydrogen) atoms. The standard InChI is InChI=1S/C25H24N2O3.ClH/c1-29-24-13-21-20(12-25(24)30-16-18-5-3-2-4-6-18)15-27-22(21)11-17-7-9-19(10-8-17)23(28)14-26;/h2-10,12-13H,11,14-16,26H2,1H3;1H. The minimum absolute atomic E-state index is 0. The molecule has 6 heteroatoms. The van der Waals surface area contributed by atoms with Gasteiger partial charge in [0.05, 0.1) is 20.2 Å². The molecule has 1 aliphatic heterocycles. The van der Waals surface area contributed by atoms with Crippen LogP contribution in [0.4, 0.5) is 0 Å². The number of carbonyl (C=O) groups is 1. The van der Waals surface area contributed by atoms with Crippen LogP contribution in [-0.4, -0.2) is 25.1 Å². The minimum Gasteiger partial charge on any atom is -0.493 e. The van der Waals surface area contributed by atoms with Crippen molar-refractivity contribution in [2.24, 2.45) is 10.7 Å². The van der Waals surface area contributed by atoms with Crippen LogP contribution in [0.5, 0.6) is 11.5 Å². The van der Waals surface area contributed by atoms with Gasteiger partial charge in [0.2, 0.25) is 0 Å². The van der Waals surface area contributed by atoms with Gasteiger partial charge >= 0.3 is 0 Å². The second-order valence-electron chi connectivity index (χ2n) is 7.20. The maximum absolute atomic E-state index is 11.7. The molecular weight excluding hydrogens is 412 g/mol. The summed E-state index contributed by atoms with van der Waals surface area (Å²) in [6, 6.07) is 21.6. The zero-order valence-electron chi connectivity index (χ0n) is 17.3. The molecule has 160 valence electrons. The molecule has 3 aromatic carbocycles. The average molecular weight is 437 g/mol. The molecule has 4 rings (SSSR count). The van der Waals surface area contributed by atoms with Gasteiger partial charge in [0.1, 0.15) is 6.61 Å². The van der Waals surface area contributed by atoms with E-state index in [0.717, 1.165) is 33.7 Å². The number of hydrogen-bond acceptors (Lipinski definition) is 5. The van der Waals surface area contributed by atoms with Gasteiger partial charge < -0.3 is 15.2 Å². The Morgan fingerprint density at radius 1 is 1.00 bits per heavy atom. The van der Waals surface area contributed by atoms with E-state index in [4.69, 9.17) is 20.2 Å². The molecule has 5 nitrogen and oxygen atoms in total. The molecule has 0 atom stereocenters. The predicted molar refractivity (Wildman–Crippen MR) is 125 cm³/mol. The number of carbonyl (C=O) groups excluding carboxylic acids is 1. The van der Waals surface area contributed by atoms with Crippen molar-refractivity contribution < 1.29 is 14.3 Å². The average Bonchev–Trinajstić information content (AvgIpc) is 3.19. The fourth-order valence-electron chi connectivity index (χ4n) is 3.55. The number of methoxy groups -OCH3 is 1. The largest absolute Gasteiger partial charge is 0.493 e. The van der Waals surface area contributed by atoms with Crippen LogP contribution >= 0.6 is 12.4 Å². The van der Waals surface area contributed by atoms with E-state index in [0.29, 0.717) is 30.9 Å². The number of ether oxygens (including phenoxy) is 2. The molecule has 0 saturated carbocycles. The summed E-state index contributed by atoms with van der Waals surface area (Å²) < 4.78 is 11.6. The third-order valence-corrected chi connectivity index (χ3v) is 5.21. The Labute approximate surface area is 188 Å². The van der Waals surface area contributed by atoms with Crippen LogP contribution in [-0.2, 0) is 19.6 Å². The van der Waals surface area contributed by atoms with Crippen LogP contribution in [0.1, 0.15) is 32.6 Å². The number of hydrogen-bond donors (Lipinski definition) is 1. The van der Waals surface area contributed by atoms with Crippen molar-refractivity contribution in [1.29, 1.82) is 0 Å². The van der Waals surface area contributed by atoms with E-state index >= 15 is 0 Å². The molecule has 0 amide bonds. The number of aliphatic imine (C=N–C) groups is 1. The molecule has 0 radical (unpaired) electrons. The molecule has 3 aromatic rings. The van der Waals surface area contributed by atoms with Crippen molar-refractivity contribution >= 4 is 23.9 Å². The van der Waals surface area contributed by atoms with Gasteiger partial charge in [-0.2, -0.15) is 0 Å². The number of benzene rings is 3. The molecule has 0 aromatic heterocycles. The van der Waals surface area contributed by atoms with Gasteiger partial charge in [-0.1, -0.05) is 54.6 Å². The van der Waals surface area contributed by atoms with Gasteiger partial charge in [0.25, 0.3) is 0 Å². The fraction of sp³-hybridized carbons (Fsp3) is 0.200. The summed E-state index contributed by atoms with van der Waals surface area (Å²) in [6.45, 7) is 1.13. The second kappa shape index (κ2) is 10.2. The van der Waals surface area contributed by atoms with E-state index in [-0.39, 0.29) is 24.7 Å². The normalized spacial score (nSPS) is 11.9. The van der Waals surface area contributed by atoms with E-state index < -0.39 is 0 Å². The molecule has 0 unspecified atom stereocenters. The Morgan fingerprint density at radius 3 is 2.42 bits per heavy atom. The van der Waals surface area contributed by atoms with Crippen molar-refractivity contribution in [2.45, 2.75) is 19.6 Å². The highest BCUT2D eigenvalue weighted by Crippen LogP contribution is 2.35. The maximum Gasteiger partial charge on any atom is 0.176 e. The Hall–Kier alpha value is -3.15. The van der Waals surface area contributed by atoms with Gasteiger partial charge in [-0.15, -0.1) is 12.4 Å². The van der Waals surface area contributed by atoms with Crippen LogP contribution in [0.3, 0.4) is 0 Å². The second-order valence-corrected chi connectivity index (χ2v) is 7.20. The zero-order chi connectivity index (χ0) is 20.9. The summed E-state index contributed by atoms with van der Waals surface area (Å²) in [6.07, 6.45) is 0.692. The molecule has 0 fully saturated rings. The third kappa shape index (κ3) is 5.13. The van der Waals surface area contributed by atoms with Crippen LogP contribution in [0.25, 0.3) is 0 Å². The van der Waals surface area contributed by atoms with Crippen molar-refractivity contribution in [3.05, 3.63) is 94.5 Å². The first-order chi connectivity index (χ1) is 14.7. The number of nitrogens with two attached hydrogens (primary N) is 1. The number of halogens is 1. The van der Waals surface area contributed by atoms with E-state index in [2.05, 4.69) is 0 Å². The van der Waals surface area contributed by atoms with Gasteiger partial charge in [0, 0.05) is 23.3 Å². The lowest BCUT2D eigenvalue weighted by Gasteiger charge is -2.14. The molecule has 0 spiro atoms. The Kier molecular flexibility index (Phi) is 7.45. The van der Waals surface area contributed by atoms with E-state index in [1.807, 2.05) is 66.7 Å². The van der Waals surface area contributed by atoms with E-state index in [1.54, 1.807) is 7.11 Å².